The average Bonchev–Trinajstić information content (AvgIpc) is 1.53. The molecule has 2 aliphatic heterocycles. The van der Waals surface area contributed by atoms with E-state index in [1.165, 1.54) is 224 Å². The second-order valence-electron chi connectivity index (χ2n) is 45.6. The van der Waals surface area contributed by atoms with E-state index in [2.05, 4.69) is 93.4 Å². The van der Waals surface area contributed by atoms with Crippen LogP contribution in [0.15, 0.2) is 43.0 Å². The number of hydrogen-bond acceptors (Lipinski definition) is 10. The van der Waals surface area contributed by atoms with Crippen LogP contribution in [0.2, 0.25) is 0 Å². The summed E-state index contributed by atoms with van der Waals surface area (Å²) in [7, 11) is 0. The van der Waals surface area contributed by atoms with Gasteiger partial charge in [-0.25, -0.2) is 4.98 Å². The summed E-state index contributed by atoms with van der Waals surface area (Å²) in [6.45, 7) is 35.4. The number of allylic oxidation sites excluding steroid dienone is 1. The summed E-state index contributed by atoms with van der Waals surface area (Å²) in [6, 6.07) is 0. The van der Waals surface area contributed by atoms with Gasteiger partial charge in [-0.1, -0.05) is 58.4 Å². The lowest BCUT2D eigenvalue weighted by atomic mass is 9.49. The molecular weight excluding hydrogens is 1370 g/mol. The van der Waals surface area contributed by atoms with Crippen LogP contribution in [-0.4, -0.2) is 125 Å². The van der Waals surface area contributed by atoms with E-state index in [9.17, 15) is 30.0 Å². The van der Waals surface area contributed by atoms with Gasteiger partial charge in [-0.2, -0.15) is 11.8 Å². The zero-order valence-electron chi connectivity index (χ0n) is 71.5. The Hall–Kier alpha value is -1.86. The van der Waals surface area contributed by atoms with Crippen LogP contribution >= 0.6 is 11.8 Å². The van der Waals surface area contributed by atoms with Gasteiger partial charge in [0.25, 0.3) is 0 Å². The maximum Gasteiger partial charge on any atom is 0.150 e. The quantitative estimate of drug-likeness (QED) is 0.150. The molecule has 4 N–H and O–H groups in total. The van der Waals surface area contributed by atoms with E-state index in [0.29, 0.717) is 45.9 Å². The zero-order valence-corrected chi connectivity index (χ0v) is 72.3. The van der Waals surface area contributed by atoms with Crippen LogP contribution in [-0.2, 0) is 16.1 Å². The summed E-state index contributed by atoms with van der Waals surface area (Å²) >= 11 is 1.70. The van der Waals surface area contributed by atoms with Crippen LogP contribution in [0.3, 0.4) is 0 Å². The molecule has 1 aromatic heterocycles. The number of imidazole rings is 1. The lowest BCUT2D eigenvalue weighted by molar-refractivity contribution is -0.133. The van der Waals surface area contributed by atoms with Gasteiger partial charge in [-0.3, -0.25) is 19.4 Å². The third kappa shape index (κ3) is 16.0. The first kappa shape index (κ1) is 81.9. The number of fused-ring (bicyclic) bond motifs is 20. The molecule has 0 unspecified atom stereocenters. The molecular formula is C99H160N4O6S. The predicted molar refractivity (Wildman–Crippen MR) is 450 cm³/mol. The second kappa shape index (κ2) is 32.4. The van der Waals surface area contributed by atoms with Crippen molar-refractivity contribution in [3.8, 4) is 0 Å². The number of nitrogens with zero attached hydrogens (tertiary/aromatic N) is 4. The van der Waals surface area contributed by atoms with Crippen LogP contribution in [0.1, 0.15) is 319 Å². The Labute approximate surface area is 674 Å². The molecule has 110 heavy (non-hydrogen) atoms. The summed E-state index contributed by atoms with van der Waals surface area (Å²) in [5.74, 6) is 21.1. The molecule has 0 bridgehead atoms. The number of piperidine rings is 1. The molecule has 32 atom stereocenters. The first-order valence-corrected chi connectivity index (χ1v) is 49.1. The molecule has 618 valence electrons. The Morgan fingerprint density at radius 1 is 0.364 bits per heavy atom. The van der Waals surface area contributed by atoms with Crippen LogP contribution in [0.5, 0.6) is 0 Å². The number of hydrogen-bond donors (Lipinski definition) is 4. The number of aliphatic hydroxyl groups is 4. The first-order valence-electron chi connectivity index (χ1n) is 47.7. The third-order valence-electron chi connectivity index (χ3n) is 39.4. The standard InChI is InChI=1S/C26H43NO2.C26H43NO.C25H38N2O.C22H36O2S/c1-25(29)12-10-19-18(16-25)6-7-21-20(19)11-13-26(2)22(21)8-9-23(26)24(28)17-27-14-4-3-5-15-27;1-18(17-27-14-4-5-15-27)23-8-9-24-22-7-6-19-16-25(2,28)12-10-20(19)21(22)11-13-26(23,24)3;1-17(15-27-13-12-26-16-27)22-6-7-23-21-5-4-18-14-24(2,28)10-8-19(18)20(21)9-11-25(22,23)3;1-21(24)10-8-15-14(12-21)4-5-17-16(15)9-11-22(2)18(17)6-7-19(22)20(23)13-25-3/h18-23,29H,3-17H2,1-2H3;19-24,28H,1,4-17H2,2-3H3;12-13,16,18-23,28H,1,4-11,14-15H2,2-3H3;14-19,24H,4-13H2,1-3H3/t18-,19+,20-,21-,22+,23-,25-,26+;19-,20+,21-,22-,23-,24+,25-,26-;18-,19+,20-,21-,22-,23+,24-,25-;14-,15+,16-,17-,18+,19-,21-,22+/m1111/s1. The summed E-state index contributed by atoms with van der Waals surface area (Å²) in [6.07, 6.45) is 60.1. The molecule has 0 amide bonds. The Bertz CT molecular complexity index is 3350. The Morgan fingerprint density at radius 3 is 1.02 bits per heavy atom. The summed E-state index contributed by atoms with van der Waals surface area (Å²) in [4.78, 5) is 35.4. The van der Waals surface area contributed by atoms with Crippen molar-refractivity contribution in [2.75, 3.05) is 51.3 Å². The monoisotopic (exact) mass is 1530 g/mol. The van der Waals surface area contributed by atoms with E-state index in [1.807, 2.05) is 19.4 Å². The van der Waals surface area contributed by atoms with Crippen molar-refractivity contribution in [1.82, 2.24) is 19.4 Å². The molecule has 0 radical (unpaired) electrons. The van der Waals surface area contributed by atoms with Gasteiger partial charge in [0.05, 0.1) is 41.0 Å². The second-order valence-corrected chi connectivity index (χ2v) is 46.5. The molecule has 1 aromatic rings. The number of Topliss-reactive ketones (excluding diaryl/α,β-unsaturated/α-hetero) is 2. The van der Waals surface area contributed by atoms with Gasteiger partial charge >= 0.3 is 0 Å². The molecule has 0 spiro atoms. The Kier molecular flexibility index (Phi) is 24.1. The largest absolute Gasteiger partial charge is 0.390 e. The Morgan fingerprint density at radius 2 is 0.673 bits per heavy atom. The van der Waals surface area contributed by atoms with E-state index in [0.717, 1.165) is 215 Å². The fourth-order valence-electron chi connectivity index (χ4n) is 34.5. The van der Waals surface area contributed by atoms with Crippen LogP contribution in [0.25, 0.3) is 0 Å². The highest BCUT2D eigenvalue weighted by Crippen LogP contribution is 2.71. The van der Waals surface area contributed by atoms with E-state index < -0.39 is 16.8 Å². The third-order valence-corrected chi connectivity index (χ3v) is 40.0. The first-order chi connectivity index (χ1) is 52.5. The van der Waals surface area contributed by atoms with E-state index in [1.54, 1.807) is 17.3 Å². The SMILES string of the molecule is C=C(CN1CCCC1)[C@H]1CC[C@H]2[C@@H]3CC[C@@H]4C[C@](C)(O)CC[C@@H]4[C@H]3CC[C@]12C.C=C(Cn1ccnc1)[C@H]1CC[C@H]2[C@@H]3CC[C@@H]4C[C@](C)(O)CC[C@@H]4[C@H]3CC[C@]12C.CSCC(=O)[C@H]1CC[C@H]2[C@@H]3CC[C@@H]4C[C@](C)(O)CC[C@@H]4[C@H]3CC[C@]12C.C[C@@]1(O)CC[C@H]2[C@H](CC[C@@H]3[C@@H]2CC[C@]2(C)[C@@H](C(=O)CN4CCCCC4)CC[C@@H]32)C1. The minimum absolute atomic E-state index is 0.265. The molecule has 3 heterocycles. The zero-order chi connectivity index (χ0) is 77.1. The van der Waals surface area contributed by atoms with Crippen molar-refractivity contribution >= 4 is 23.3 Å². The highest BCUT2D eigenvalue weighted by atomic mass is 32.2. The summed E-state index contributed by atoms with van der Waals surface area (Å²) in [5, 5.41) is 42.3. The van der Waals surface area contributed by atoms with E-state index >= 15 is 0 Å². The normalized spacial score (nSPS) is 50.4. The van der Waals surface area contributed by atoms with Gasteiger partial charge in [0.15, 0.2) is 0 Å². The average molecular weight is 1530 g/mol. The molecule has 0 aromatic carbocycles. The number of carbonyl (C=O) groups is 2. The molecule has 18 aliphatic rings. The van der Waals surface area contributed by atoms with Crippen molar-refractivity contribution in [3.05, 3.63) is 43.0 Å². The van der Waals surface area contributed by atoms with Gasteiger partial charge in [0.2, 0.25) is 0 Å². The molecule has 11 heteroatoms. The maximum absolute atomic E-state index is 13.4. The topological polar surface area (TPSA) is 139 Å². The number of ketones is 2. The lowest BCUT2D eigenvalue weighted by Crippen LogP contribution is -2.51. The summed E-state index contributed by atoms with van der Waals surface area (Å²) < 4.78 is 2.18. The lowest BCUT2D eigenvalue weighted by Gasteiger charge is -2.57. The molecule has 2 saturated heterocycles. The van der Waals surface area contributed by atoms with Gasteiger partial charge < -0.3 is 25.0 Å². The number of carbonyl (C=O) groups excluding carboxylic acids is 2. The minimum atomic E-state index is -0.420. The molecule has 16 aliphatic carbocycles. The van der Waals surface area contributed by atoms with Crippen molar-refractivity contribution in [3.63, 3.8) is 0 Å². The van der Waals surface area contributed by atoms with Crippen molar-refractivity contribution in [2.45, 2.75) is 348 Å². The van der Waals surface area contributed by atoms with Crippen molar-refractivity contribution < 1.29 is 30.0 Å². The number of rotatable bonds is 12. The van der Waals surface area contributed by atoms with Crippen LogP contribution < -0.4 is 0 Å². The highest BCUT2D eigenvalue weighted by Gasteiger charge is 2.64. The van der Waals surface area contributed by atoms with E-state index in [4.69, 9.17) is 0 Å². The Balaban J connectivity index is 0.000000112. The fourth-order valence-corrected chi connectivity index (χ4v) is 35.0. The maximum atomic E-state index is 13.4. The smallest absolute Gasteiger partial charge is 0.150 e. The van der Waals surface area contributed by atoms with Gasteiger partial charge in [0, 0.05) is 37.3 Å². The van der Waals surface area contributed by atoms with Crippen molar-refractivity contribution in [2.24, 2.45) is 164 Å². The summed E-state index contributed by atoms with van der Waals surface area (Å²) in [5.41, 5.74) is 2.87. The van der Waals surface area contributed by atoms with Crippen LogP contribution in [0, 0.1) is 164 Å². The number of likely N-dealkylation sites (tertiary alicyclic amines) is 2. The molecule has 10 nitrogen and oxygen atoms in total. The highest BCUT2D eigenvalue weighted by molar-refractivity contribution is 7.99. The minimum Gasteiger partial charge on any atom is -0.390 e. The molecule has 18 fully saturated rings. The predicted octanol–water partition coefficient (Wildman–Crippen LogP) is 21.1. The van der Waals surface area contributed by atoms with Crippen LogP contribution in [0.4, 0.5) is 0 Å². The molecule has 16 saturated carbocycles. The van der Waals surface area contributed by atoms with Crippen molar-refractivity contribution in [1.29, 1.82) is 0 Å². The van der Waals surface area contributed by atoms with E-state index in [-0.39, 0.29) is 16.4 Å². The van der Waals surface area contributed by atoms with Gasteiger partial charge in [-0.15, -0.1) is 0 Å². The number of aromatic nitrogens is 2. The van der Waals surface area contributed by atoms with Gasteiger partial charge in [0.1, 0.15) is 11.6 Å². The number of thioether (sulfide) groups is 1. The molecule has 19 rings (SSSR count). The fraction of sp³-hybridized carbons (Fsp3) is 0.909. The van der Waals surface area contributed by atoms with Gasteiger partial charge in [-0.05, 0) is 469 Å².